The molecule has 1 N–H and O–H groups in total. The Hall–Kier alpha value is 0.0469. The first kappa shape index (κ1) is 17.1. The Balaban J connectivity index is 2.45. The van der Waals surface area contributed by atoms with Crippen molar-refractivity contribution in [2.45, 2.75) is 57.5 Å². The second-order valence-corrected chi connectivity index (χ2v) is 13.2. The first-order valence-corrected chi connectivity index (χ1v) is 11.4. The maximum atomic E-state index is 11.0. The molecule has 0 saturated carbocycles. The number of nitrogens with one attached hydrogen (secondary N) is 1. The standard InChI is InChI=1S/C12H27NO4SSi/c1-12(2,3)19(5,6)17-11-7-10(13-8-11)9-16-18(4,14)15/h10-11,13H,7-9H2,1-6H3. The molecule has 2 atom stereocenters. The van der Waals surface area contributed by atoms with Crippen molar-refractivity contribution in [3.05, 3.63) is 0 Å². The highest BCUT2D eigenvalue weighted by atomic mass is 32.2. The van der Waals surface area contributed by atoms with E-state index in [4.69, 9.17) is 8.61 Å². The SMILES string of the molecule is CC(C)(C)[Si](C)(C)OC1CNC(COS(C)(=O)=O)C1. The van der Waals surface area contributed by atoms with Gasteiger partial charge in [-0.1, -0.05) is 20.8 Å². The van der Waals surface area contributed by atoms with Crippen LogP contribution in [0.4, 0.5) is 0 Å². The van der Waals surface area contributed by atoms with E-state index in [1.807, 2.05) is 0 Å². The van der Waals surface area contributed by atoms with Crippen LogP contribution in [0.15, 0.2) is 0 Å². The lowest BCUT2D eigenvalue weighted by atomic mass is 10.2. The summed E-state index contributed by atoms with van der Waals surface area (Å²) in [5.74, 6) is 0. The van der Waals surface area contributed by atoms with E-state index in [2.05, 4.69) is 39.2 Å². The predicted octanol–water partition coefficient (Wildman–Crippen LogP) is 1.71. The van der Waals surface area contributed by atoms with E-state index < -0.39 is 18.4 Å². The van der Waals surface area contributed by atoms with Crippen molar-refractivity contribution in [3.63, 3.8) is 0 Å². The predicted molar refractivity (Wildman–Crippen MR) is 79.3 cm³/mol. The fourth-order valence-electron chi connectivity index (χ4n) is 1.80. The molecule has 0 aromatic heterocycles. The second kappa shape index (κ2) is 5.81. The molecule has 1 aliphatic heterocycles. The van der Waals surface area contributed by atoms with Gasteiger partial charge < -0.3 is 9.74 Å². The van der Waals surface area contributed by atoms with E-state index in [9.17, 15) is 8.42 Å². The van der Waals surface area contributed by atoms with Gasteiger partial charge in [0.1, 0.15) is 0 Å². The third-order valence-corrected chi connectivity index (χ3v) is 9.03. The van der Waals surface area contributed by atoms with Gasteiger partial charge in [0.05, 0.1) is 19.0 Å². The topological polar surface area (TPSA) is 64.6 Å². The smallest absolute Gasteiger partial charge is 0.264 e. The Morgan fingerprint density at radius 1 is 1.32 bits per heavy atom. The van der Waals surface area contributed by atoms with Crippen LogP contribution < -0.4 is 5.32 Å². The van der Waals surface area contributed by atoms with Crippen molar-refractivity contribution < 1.29 is 17.0 Å². The van der Waals surface area contributed by atoms with Gasteiger partial charge in [0.15, 0.2) is 8.32 Å². The number of hydrogen-bond acceptors (Lipinski definition) is 5. The first-order valence-electron chi connectivity index (χ1n) is 6.66. The van der Waals surface area contributed by atoms with Gasteiger partial charge in [-0.3, -0.25) is 4.18 Å². The average Bonchev–Trinajstić information content (AvgIpc) is 2.59. The van der Waals surface area contributed by atoms with Crippen molar-refractivity contribution in [2.75, 3.05) is 19.4 Å². The average molecular weight is 310 g/mol. The summed E-state index contributed by atoms with van der Waals surface area (Å²) in [4.78, 5) is 0. The van der Waals surface area contributed by atoms with Crippen LogP contribution in [0.2, 0.25) is 18.1 Å². The molecule has 0 spiro atoms. The van der Waals surface area contributed by atoms with E-state index in [0.717, 1.165) is 19.2 Å². The van der Waals surface area contributed by atoms with Gasteiger partial charge in [0, 0.05) is 12.6 Å². The summed E-state index contributed by atoms with van der Waals surface area (Å²) in [6.07, 6.45) is 2.04. The molecule has 0 aromatic rings. The molecule has 0 bridgehead atoms. The van der Waals surface area contributed by atoms with E-state index in [0.29, 0.717) is 0 Å². The van der Waals surface area contributed by atoms with E-state index in [1.54, 1.807) is 0 Å². The Labute approximate surface area is 118 Å². The lowest BCUT2D eigenvalue weighted by Crippen LogP contribution is -2.44. The fourth-order valence-corrected chi connectivity index (χ4v) is 3.58. The Kier molecular flexibility index (Phi) is 5.23. The quantitative estimate of drug-likeness (QED) is 0.619. The molecule has 0 aromatic carbocycles. The maximum Gasteiger partial charge on any atom is 0.264 e. The largest absolute Gasteiger partial charge is 0.413 e. The Bertz CT molecular complexity index is 402. The maximum absolute atomic E-state index is 11.0. The lowest BCUT2D eigenvalue weighted by molar-refractivity contribution is 0.192. The lowest BCUT2D eigenvalue weighted by Gasteiger charge is -2.38. The second-order valence-electron chi connectivity index (χ2n) is 6.83. The van der Waals surface area contributed by atoms with Crippen molar-refractivity contribution in [1.82, 2.24) is 5.32 Å². The van der Waals surface area contributed by atoms with Gasteiger partial charge in [0.2, 0.25) is 0 Å². The third-order valence-electron chi connectivity index (χ3n) is 3.93. The van der Waals surface area contributed by atoms with Crippen LogP contribution >= 0.6 is 0 Å². The van der Waals surface area contributed by atoms with Crippen molar-refractivity contribution in [2.24, 2.45) is 0 Å². The van der Waals surface area contributed by atoms with E-state index in [-0.39, 0.29) is 23.8 Å². The highest BCUT2D eigenvalue weighted by molar-refractivity contribution is 7.85. The van der Waals surface area contributed by atoms with Crippen LogP contribution in [0.25, 0.3) is 0 Å². The minimum absolute atomic E-state index is 0.0597. The van der Waals surface area contributed by atoms with Crippen LogP contribution in [0, 0.1) is 0 Å². The summed E-state index contributed by atoms with van der Waals surface area (Å²) in [5.41, 5.74) is 0. The van der Waals surface area contributed by atoms with Crippen LogP contribution in [0.5, 0.6) is 0 Å². The molecule has 0 radical (unpaired) electrons. The van der Waals surface area contributed by atoms with E-state index in [1.165, 1.54) is 0 Å². The summed E-state index contributed by atoms with van der Waals surface area (Å²) >= 11 is 0. The number of hydrogen-bond donors (Lipinski definition) is 1. The molecule has 5 nitrogen and oxygen atoms in total. The van der Waals surface area contributed by atoms with Gasteiger partial charge in [0.25, 0.3) is 10.1 Å². The zero-order chi connectivity index (χ0) is 14.9. The van der Waals surface area contributed by atoms with Crippen LogP contribution in [0.1, 0.15) is 27.2 Å². The zero-order valence-electron chi connectivity index (χ0n) is 12.8. The molecule has 7 heteroatoms. The molecule has 19 heavy (non-hydrogen) atoms. The molecule has 0 aliphatic carbocycles. The molecule has 1 heterocycles. The van der Waals surface area contributed by atoms with Gasteiger partial charge in [-0.15, -0.1) is 0 Å². The fraction of sp³-hybridized carbons (Fsp3) is 1.00. The summed E-state index contributed by atoms with van der Waals surface area (Å²) in [6.45, 7) is 12.1. The van der Waals surface area contributed by atoms with Crippen LogP contribution in [-0.2, 0) is 18.7 Å². The molecular formula is C12H27NO4SSi. The summed E-state index contributed by atoms with van der Waals surface area (Å²) in [7, 11) is -5.12. The van der Waals surface area contributed by atoms with Gasteiger partial charge in [-0.05, 0) is 24.6 Å². The Morgan fingerprint density at radius 3 is 2.37 bits per heavy atom. The normalized spacial score (nSPS) is 25.8. The minimum Gasteiger partial charge on any atom is -0.413 e. The van der Waals surface area contributed by atoms with E-state index >= 15 is 0 Å². The minimum atomic E-state index is -3.36. The zero-order valence-corrected chi connectivity index (χ0v) is 14.6. The molecule has 1 fully saturated rings. The third kappa shape index (κ3) is 5.51. The van der Waals surface area contributed by atoms with Gasteiger partial charge >= 0.3 is 0 Å². The molecule has 0 amide bonds. The molecular weight excluding hydrogens is 282 g/mol. The molecule has 1 rings (SSSR count). The Morgan fingerprint density at radius 2 is 1.89 bits per heavy atom. The first-order chi connectivity index (χ1) is 8.41. The molecule has 1 saturated heterocycles. The number of rotatable bonds is 5. The highest BCUT2D eigenvalue weighted by Crippen LogP contribution is 2.38. The highest BCUT2D eigenvalue weighted by Gasteiger charge is 2.40. The van der Waals surface area contributed by atoms with Crippen LogP contribution in [-0.4, -0.2) is 48.3 Å². The summed E-state index contributed by atoms with van der Waals surface area (Å²) < 4.78 is 33.0. The van der Waals surface area contributed by atoms with Crippen molar-refractivity contribution in [1.29, 1.82) is 0 Å². The van der Waals surface area contributed by atoms with Gasteiger partial charge in [-0.25, -0.2) is 0 Å². The van der Waals surface area contributed by atoms with Crippen LogP contribution in [0.3, 0.4) is 0 Å². The van der Waals surface area contributed by atoms with Gasteiger partial charge in [-0.2, -0.15) is 8.42 Å². The van der Waals surface area contributed by atoms with Crippen molar-refractivity contribution >= 4 is 18.4 Å². The monoisotopic (exact) mass is 309 g/mol. The van der Waals surface area contributed by atoms with Crippen molar-refractivity contribution in [3.8, 4) is 0 Å². The molecule has 2 unspecified atom stereocenters. The molecule has 114 valence electrons. The summed E-state index contributed by atoms with van der Waals surface area (Å²) in [5, 5.41) is 3.45. The molecule has 1 aliphatic rings. The summed E-state index contributed by atoms with van der Waals surface area (Å²) in [6, 6.07) is 0.0597.